The van der Waals surface area contributed by atoms with Gasteiger partial charge in [0.15, 0.2) is 5.65 Å². The number of alkyl halides is 3. The molecule has 5 heterocycles. The van der Waals surface area contributed by atoms with Gasteiger partial charge in [0.1, 0.15) is 5.82 Å². The van der Waals surface area contributed by atoms with Gasteiger partial charge in [-0.3, -0.25) is 4.90 Å². The van der Waals surface area contributed by atoms with Gasteiger partial charge in [0, 0.05) is 45.3 Å². The van der Waals surface area contributed by atoms with E-state index in [2.05, 4.69) is 25.2 Å². The lowest BCUT2D eigenvalue weighted by Crippen LogP contribution is -2.62. The molecule has 15 heteroatoms. The lowest BCUT2D eigenvalue weighted by atomic mass is 10.1. The molecular formula is C24H29F3N8O3S. The third kappa shape index (κ3) is 5.03. The fourth-order valence-corrected chi connectivity index (χ4v) is 6.30. The lowest BCUT2D eigenvalue weighted by molar-refractivity contribution is -0.137. The predicted octanol–water partition coefficient (Wildman–Crippen LogP) is 1.80. The molecule has 3 aromatic rings. The van der Waals surface area contributed by atoms with Gasteiger partial charge in [-0.15, -0.1) is 0 Å². The van der Waals surface area contributed by atoms with Gasteiger partial charge < -0.3 is 15.0 Å². The van der Waals surface area contributed by atoms with Gasteiger partial charge in [-0.1, -0.05) is 6.07 Å². The van der Waals surface area contributed by atoms with E-state index >= 15 is 0 Å². The maximum absolute atomic E-state index is 13.4. The number of hydrogen-bond acceptors (Lipinski definition) is 9. The summed E-state index contributed by atoms with van der Waals surface area (Å²) in [5, 5.41) is 8.23. The van der Waals surface area contributed by atoms with Crippen molar-refractivity contribution in [3.8, 4) is 5.69 Å². The van der Waals surface area contributed by atoms with Crippen LogP contribution >= 0.6 is 0 Å². The number of morpholine rings is 1. The normalized spacial score (nSPS) is 20.3. The number of fused-ring (bicyclic) bond motifs is 1. The van der Waals surface area contributed by atoms with E-state index in [9.17, 15) is 21.6 Å². The number of rotatable bonds is 7. The van der Waals surface area contributed by atoms with Crippen LogP contribution in [-0.2, 0) is 20.9 Å². The quantitative estimate of drug-likeness (QED) is 0.458. The molecule has 39 heavy (non-hydrogen) atoms. The largest absolute Gasteiger partial charge is 0.416 e. The molecule has 11 nitrogen and oxygen atoms in total. The van der Waals surface area contributed by atoms with Crippen molar-refractivity contribution >= 4 is 32.8 Å². The summed E-state index contributed by atoms with van der Waals surface area (Å²) in [6.07, 6.45) is -2.91. The molecule has 0 bridgehead atoms. The lowest BCUT2D eigenvalue weighted by Gasteiger charge is -2.47. The number of aromatic nitrogens is 4. The van der Waals surface area contributed by atoms with Crippen molar-refractivity contribution in [1.82, 2.24) is 29.0 Å². The van der Waals surface area contributed by atoms with E-state index < -0.39 is 21.8 Å². The first-order valence-corrected chi connectivity index (χ1v) is 14.5. The van der Waals surface area contributed by atoms with E-state index in [1.54, 1.807) is 19.2 Å². The van der Waals surface area contributed by atoms with E-state index in [4.69, 9.17) is 9.72 Å². The summed E-state index contributed by atoms with van der Waals surface area (Å²) in [7, 11) is -3.28. The van der Waals surface area contributed by atoms with Crippen molar-refractivity contribution in [3.63, 3.8) is 0 Å². The molecule has 1 N–H and O–H groups in total. The molecule has 0 aliphatic carbocycles. The number of nitrogens with zero attached hydrogens (tertiary/aromatic N) is 7. The van der Waals surface area contributed by atoms with Crippen molar-refractivity contribution in [2.75, 3.05) is 68.5 Å². The summed E-state index contributed by atoms with van der Waals surface area (Å²) in [6, 6.07) is 5.12. The van der Waals surface area contributed by atoms with Crippen LogP contribution in [0.5, 0.6) is 0 Å². The van der Waals surface area contributed by atoms with Gasteiger partial charge in [0.2, 0.25) is 16.0 Å². The maximum atomic E-state index is 13.4. The van der Waals surface area contributed by atoms with Crippen molar-refractivity contribution in [1.29, 1.82) is 0 Å². The van der Waals surface area contributed by atoms with E-state index in [0.29, 0.717) is 49.2 Å². The zero-order valence-corrected chi connectivity index (χ0v) is 22.1. The topological polar surface area (TPSA) is 109 Å². The fraction of sp³-hybridized carbons (Fsp3) is 0.542. The third-order valence-corrected chi connectivity index (χ3v) is 9.30. The van der Waals surface area contributed by atoms with Crippen LogP contribution in [0.3, 0.4) is 0 Å². The SMILES string of the molecule is CCS(=O)(=O)N1CC(Nc2nc(N3CC(N4CCOCC4)C3)c3cnn(-c4cccc(C(F)(F)F)c4)c3n2)C1. The first kappa shape index (κ1) is 26.2. The van der Waals surface area contributed by atoms with E-state index in [0.717, 1.165) is 38.3 Å². The number of nitrogens with one attached hydrogen (secondary N) is 1. The predicted molar refractivity (Wildman–Crippen MR) is 138 cm³/mol. The highest BCUT2D eigenvalue weighted by Crippen LogP contribution is 2.34. The van der Waals surface area contributed by atoms with E-state index in [1.807, 2.05) is 0 Å². The summed E-state index contributed by atoms with van der Waals surface area (Å²) in [5.41, 5.74) is -0.179. The molecule has 3 aliphatic heterocycles. The molecule has 3 fully saturated rings. The number of anilines is 2. The Morgan fingerprint density at radius 3 is 2.54 bits per heavy atom. The highest BCUT2D eigenvalue weighted by Gasteiger charge is 2.37. The van der Waals surface area contributed by atoms with Crippen LogP contribution in [0.4, 0.5) is 24.9 Å². The Balaban J connectivity index is 1.32. The van der Waals surface area contributed by atoms with Crippen molar-refractivity contribution in [2.45, 2.75) is 25.2 Å². The summed E-state index contributed by atoms with van der Waals surface area (Å²) in [4.78, 5) is 13.9. The third-order valence-electron chi connectivity index (χ3n) is 7.49. The van der Waals surface area contributed by atoms with Gasteiger partial charge in [-0.2, -0.15) is 32.5 Å². The summed E-state index contributed by atoms with van der Waals surface area (Å²) in [5.74, 6) is 0.948. The van der Waals surface area contributed by atoms with Crippen molar-refractivity contribution in [3.05, 3.63) is 36.0 Å². The molecule has 6 rings (SSSR count). The second-order valence-electron chi connectivity index (χ2n) is 9.98. The number of ether oxygens (including phenoxy) is 1. The molecule has 0 radical (unpaired) electrons. The van der Waals surface area contributed by atoms with Crippen LogP contribution < -0.4 is 10.2 Å². The minimum atomic E-state index is -4.49. The molecule has 0 atom stereocenters. The maximum Gasteiger partial charge on any atom is 0.416 e. The van der Waals surface area contributed by atoms with Crippen LogP contribution in [-0.4, -0.2) is 108 Å². The Bertz CT molecular complexity index is 1460. The van der Waals surface area contributed by atoms with Crippen molar-refractivity contribution in [2.24, 2.45) is 0 Å². The molecule has 3 aliphatic rings. The van der Waals surface area contributed by atoms with Crippen LogP contribution in [0.15, 0.2) is 30.5 Å². The number of hydrogen-bond donors (Lipinski definition) is 1. The summed E-state index contributed by atoms with van der Waals surface area (Å²) < 4.78 is 72.7. The van der Waals surface area contributed by atoms with Crippen molar-refractivity contribution < 1.29 is 26.3 Å². The Kier molecular flexibility index (Phi) is 6.64. The zero-order valence-electron chi connectivity index (χ0n) is 21.3. The van der Waals surface area contributed by atoms with Crippen LogP contribution in [0.1, 0.15) is 12.5 Å². The average Bonchev–Trinajstić information content (AvgIpc) is 3.29. The number of benzene rings is 1. The Morgan fingerprint density at radius 1 is 1.10 bits per heavy atom. The van der Waals surface area contributed by atoms with Gasteiger partial charge in [0.05, 0.1) is 47.8 Å². The van der Waals surface area contributed by atoms with Crippen LogP contribution in [0.2, 0.25) is 0 Å². The van der Waals surface area contributed by atoms with Gasteiger partial charge >= 0.3 is 6.18 Å². The second-order valence-corrected chi connectivity index (χ2v) is 12.2. The first-order chi connectivity index (χ1) is 18.6. The van der Waals surface area contributed by atoms with E-state index in [1.165, 1.54) is 15.1 Å². The fourth-order valence-electron chi connectivity index (χ4n) is 5.13. The second kappa shape index (κ2) is 9.87. The molecule has 1 aromatic carbocycles. The molecular weight excluding hydrogens is 537 g/mol. The standard InChI is InChI=1S/C24H29F3N8O3S/c1-2-39(36,37)34-12-17(13-34)29-23-30-21(33-14-19(15-33)32-6-8-38-9-7-32)20-11-28-35(22(20)31-23)18-5-3-4-16(10-18)24(25,26)27/h3-5,10-11,17,19H,2,6-9,12-15H2,1H3,(H,29,30,31). The molecule has 210 valence electrons. The Morgan fingerprint density at radius 2 is 1.85 bits per heavy atom. The summed E-state index contributed by atoms with van der Waals surface area (Å²) >= 11 is 0. The number of sulfonamides is 1. The zero-order chi connectivity index (χ0) is 27.4. The summed E-state index contributed by atoms with van der Waals surface area (Å²) in [6.45, 7) is 6.83. The smallest absolute Gasteiger partial charge is 0.379 e. The van der Waals surface area contributed by atoms with Gasteiger partial charge in [-0.05, 0) is 25.1 Å². The molecule has 0 amide bonds. The molecule has 2 aromatic heterocycles. The Labute approximate surface area is 223 Å². The van der Waals surface area contributed by atoms with Crippen LogP contribution in [0.25, 0.3) is 16.7 Å². The van der Waals surface area contributed by atoms with Crippen LogP contribution in [0, 0.1) is 0 Å². The first-order valence-electron chi connectivity index (χ1n) is 12.9. The minimum Gasteiger partial charge on any atom is -0.379 e. The molecule has 0 unspecified atom stereocenters. The highest BCUT2D eigenvalue weighted by molar-refractivity contribution is 7.89. The van der Waals surface area contributed by atoms with Gasteiger partial charge in [0.25, 0.3) is 0 Å². The number of halogens is 3. The highest BCUT2D eigenvalue weighted by atomic mass is 32.2. The van der Waals surface area contributed by atoms with E-state index in [-0.39, 0.29) is 23.4 Å². The molecule has 0 spiro atoms. The molecule has 3 saturated heterocycles. The molecule has 0 saturated carbocycles. The Hall–Kier alpha value is -3.01. The average molecular weight is 567 g/mol. The van der Waals surface area contributed by atoms with Gasteiger partial charge in [-0.25, -0.2) is 13.1 Å². The minimum absolute atomic E-state index is 0.0295. The monoisotopic (exact) mass is 566 g/mol.